The van der Waals surface area contributed by atoms with E-state index in [1.165, 1.54) is 16.7 Å². The standard InChI is InChI=1S/C19H18ClFN6O2S/c20-15-11-14(4-5-16(15)21)30(28,29)27-9-7-26(8-10-27)19-12-18(23-13-24-19)25-17-3-1-2-6-22-17/h1-6,11-13H,7-10H2,(H,22,23,24,25). The molecule has 0 bridgehead atoms. The van der Waals surface area contributed by atoms with Gasteiger partial charge in [-0.1, -0.05) is 17.7 Å². The van der Waals surface area contributed by atoms with E-state index < -0.39 is 15.8 Å². The Morgan fingerprint density at radius 1 is 0.967 bits per heavy atom. The Balaban J connectivity index is 1.44. The van der Waals surface area contributed by atoms with Crippen molar-refractivity contribution in [1.82, 2.24) is 19.3 Å². The molecule has 0 radical (unpaired) electrons. The van der Waals surface area contributed by atoms with Crippen LogP contribution < -0.4 is 10.2 Å². The quantitative estimate of drug-likeness (QED) is 0.641. The molecule has 2 aromatic heterocycles. The molecule has 1 aromatic carbocycles. The van der Waals surface area contributed by atoms with E-state index >= 15 is 0 Å². The van der Waals surface area contributed by atoms with E-state index in [1.54, 1.807) is 12.3 Å². The average Bonchev–Trinajstić information content (AvgIpc) is 2.76. The third-order valence-corrected chi connectivity index (χ3v) is 6.85. The van der Waals surface area contributed by atoms with Gasteiger partial charge >= 0.3 is 0 Å². The molecule has 1 fully saturated rings. The first kappa shape index (κ1) is 20.5. The predicted molar refractivity (Wildman–Crippen MR) is 112 cm³/mol. The minimum atomic E-state index is -3.75. The third kappa shape index (κ3) is 4.35. The summed E-state index contributed by atoms with van der Waals surface area (Å²) in [5.74, 6) is 1.29. The molecule has 11 heteroatoms. The van der Waals surface area contributed by atoms with Gasteiger partial charge in [0.25, 0.3) is 0 Å². The van der Waals surface area contributed by atoms with Crippen molar-refractivity contribution in [2.75, 3.05) is 36.4 Å². The number of piperazine rings is 1. The lowest BCUT2D eigenvalue weighted by Crippen LogP contribution is -2.48. The Hall–Kier alpha value is -2.82. The van der Waals surface area contributed by atoms with Crippen molar-refractivity contribution < 1.29 is 12.8 Å². The maximum absolute atomic E-state index is 13.4. The van der Waals surface area contributed by atoms with Crippen LogP contribution in [0.2, 0.25) is 5.02 Å². The number of pyridine rings is 1. The molecule has 1 aliphatic heterocycles. The minimum absolute atomic E-state index is 0.0220. The van der Waals surface area contributed by atoms with Crippen molar-refractivity contribution >= 4 is 39.1 Å². The van der Waals surface area contributed by atoms with Crippen LogP contribution in [0.1, 0.15) is 0 Å². The smallest absolute Gasteiger partial charge is 0.243 e. The summed E-state index contributed by atoms with van der Waals surface area (Å²) in [5.41, 5.74) is 0. The van der Waals surface area contributed by atoms with Gasteiger partial charge in [-0.25, -0.2) is 27.8 Å². The van der Waals surface area contributed by atoms with Crippen molar-refractivity contribution in [2.24, 2.45) is 0 Å². The zero-order valence-corrected chi connectivity index (χ0v) is 17.3. The van der Waals surface area contributed by atoms with Crippen molar-refractivity contribution in [3.63, 3.8) is 0 Å². The van der Waals surface area contributed by atoms with Crippen LogP contribution in [0.3, 0.4) is 0 Å². The van der Waals surface area contributed by atoms with E-state index in [2.05, 4.69) is 20.3 Å². The van der Waals surface area contributed by atoms with Gasteiger partial charge in [0.2, 0.25) is 10.0 Å². The van der Waals surface area contributed by atoms with Crippen LogP contribution in [0, 0.1) is 5.82 Å². The molecule has 3 heterocycles. The zero-order chi connectivity index (χ0) is 21.1. The number of rotatable bonds is 5. The number of sulfonamides is 1. The van der Waals surface area contributed by atoms with Crippen LogP contribution in [0.5, 0.6) is 0 Å². The van der Waals surface area contributed by atoms with Gasteiger partial charge in [0.15, 0.2) is 0 Å². The van der Waals surface area contributed by atoms with Gasteiger partial charge < -0.3 is 10.2 Å². The van der Waals surface area contributed by atoms with Gasteiger partial charge in [0, 0.05) is 38.4 Å². The minimum Gasteiger partial charge on any atom is -0.354 e. The van der Waals surface area contributed by atoms with E-state index in [0.29, 0.717) is 30.5 Å². The maximum Gasteiger partial charge on any atom is 0.243 e. The first-order valence-electron chi connectivity index (χ1n) is 9.14. The number of nitrogens with zero attached hydrogens (tertiary/aromatic N) is 5. The number of hydrogen-bond acceptors (Lipinski definition) is 7. The topological polar surface area (TPSA) is 91.3 Å². The molecule has 0 aliphatic carbocycles. The van der Waals surface area contributed by atoms with E-state index in [9.17, 15) is 12.8 Å². The first-order chi connectivity index (χ1) is 14.4. The molecule has 30 heavy (non-hydrogen) atoms. The van der Waals surface area contributed by atoms with Gasteiger partial charge in [-0.3, -0.25) is 0 Å². The predicted octanol–water partition coefficient (Wildman–Crippen LogP) is 2.92. The largest absolute Gasteiger partial charge is 0.354 e. The highest BCUT2D eigenvalue weighted by atomic mass is 35.5. The summed E-state index contributed by atoms with van der Waals surface area (Å²) in [6.07, 6.45) is 3.13. The van der Waals surface area contributed by atoms with Gasteiger partial charge in [-0.2, -0.15) is 4.31 Å². The number of anilines is 3. The molecule has 1 aliphatic rings. The SMILES string of the molecule is O=S(=O)(c1ccc(F)c(Cl)c1)N1CCN(c2cc(Nc3ccccn3)ncn2)CC1. The summed E-state index contributed by atoms with van der Waals surface area (Å²) < 4.78 is 40.4. The van der Waals surface area contributed by atoms with Crippen LogP contribution in [-0.2, 0) is 10.0 Å². The molecule has 1 N–H and O–H groups in total. The summed E-state index contributed by atoms with van der Waals surface area (Å²) >= 11 is 5.74. The molecule has 3 aromatic rings. The van der Waals surface area contributed by atoms with Gasteiger partial charge in [-0.05, 0) is 30.3 Å². The van der Waals surface area contributed by atoms with E-state index in [-0.39, 0.29) is 23.0 Å². The fraction of sp³-hybridized carbons (Fsp3) is 0.211. The zero-order valence-electron chi connectivity index (χ0n) is 15.7. The number of hydrogen-bond donors (Lipinski definition) is 1. The second-order valence-corrected chi connectivity index (χ2v) is 8.91. The second kappa shape index (κ2) is 8.50. The average molecular weight is 449 g/mol. The van der Waals surface area contributed by atoms with Crippen LogP contribution in [-0.4, -0.2) is 53.9 Å². The molecule has 4 rings (SSSR count). The van der Waals surface area contributed by atoms with Crippen molar-refractivity contribution in [3.05, 3.63) is 65.8 Å². The second-order valence-electron chi connectivity index (χ2n) is 6.57. The molecule has 8 nitrogen and oxygen atoms in total. The van der Waals surface area contributed by atoms with Crippen LogP contribution in [0.25, 0.3) is 0 Å². The van der Waals surface area contributed by atoms with Crippen molar-refractivity contribution in [3.8, 4) is 0 Å². The highest BCUT2D eigenvalue weighted by Gasteiger charge is 2.29. The monoisotopic (exact) mass is 448 g/mol. The molecular weight excluding hydrogens is 431 g/mol. The van der Waals surface area contributed by atoms with Crippen LogP contribution >= 0.6 is 11.6 Å². The highest BCUT2D eigenvalue weighted by molar-refractivity contribution is 7.89. The van der Waals surface area contributed by atoms with Gasteiger partial charge in [0.1, 0.15) is 29.6 Å². The molecule has 0 spiro atoms. The molecule has 0 saturated carbocycles. The Morgan fingerprint density at radius 2 is 1.77 bits per heavy atom. The lowest BCUT2D eigenvalue weighted by molar-refractivity contribution is 0.383. The molecule has 156 valence electrons. The molecular formula is C19H18ClFN6O2S. The molecule has 0 unspecified atom stereocenters. The normalized spacial score (nSPS) is 15.2. The summed E-state index contributed by atoms with van der Waals surface area (Å²) in [6.45, 7) is 1.44. The van der Waals surface area contributed by atoms with Crippen LogP contribution in [0.4, 0.5) is 21.8 Å². The fourth-order valence-corrected chi connectivity index (χ4v) is 4.79. The lowest BCUT2D eigenvalue weighted by atomic mass is 10.3. The van der Waals surface area contributed by atoms with Crippen LogP contribution in [0.15, 0.2) is 59.9 Å². The third-order valence-electron chi connectivity index (χ3n) is 4.67. The number of aromatic nitrogens is 3. The molecule has 0 atom stereocenters. The van der Waals surface area contributed by atoms with E-state index in [4.69, 9.17) is 11.6 Å². The summed E-state index contributed by atoms with van der Waals surface area (Å²) in [7, 11) is -3.75. The van der Waals surface area contributed by atoms with Gasteiger partial charge in [-0.15, -0.1) is 0 Å². The molecule has 1 saturated heterocycles. The highest BCUT2D eigenvalue weighted by Crippen LogP contribution is 2.24. The fourth-order valence-electron chi connectivity index (χ4n) is 3.10. The lowest BCUT2D eigenvalue weighted by Gasteiger charge is -2.34. The Morgan fingerprint density at radius 3 is 2.47 bits per heavy atom. The van der Waals surface area contributed by atoms with Gasteiger partial charge in [0.05, 0.1) is 9.92 Å². The maximum atomic E-state index is 13.4. The van der Waals surface area contributed by atoms with Crippen molar-refractivity contribution in [1.29, 1.82) is 0 Å². The summed E-state index contributed by atoms with van der Waals surface area (Å²) in [4.78, 5) is 14.7. The Labute approximate surface area is 178 Å². The number of halogens is 2. The van der Waals surface area contributed by atoms with E-state index in [1.807, 2.05) is 23.1 Å². The van der Waals surface area contributed by atoms with Crippen molar-refractivity contribution in [2.45, 2.75) is 4.90 Å². The number of nitrogens with one attached hydrogen (secondary N) is 1. The summed E-state index contributed by atoms with van der Waals surface area (Å²) in [6, 6.07) is 10.7. The molecule has 0 amide bonds. The Kier molecular flexibility index (Phi) is 5.80. The first-order valence-corrected chi connectivity index (χ1v) is 11.0. The van der Waals surface area contributed by atoms with E-state index in [0.717, 1.165) is 12.1 Å². The summed E-state index contributed by atoms with van der Waals surface area (Å²) in [5, 5.41) is 2.89. The Bertz CT molecular complexity index is 1140. The number of benzene rings is 1.